The number of carbonyl (C=O) groups is 2. The lowest BCUT2D eigenvalue weighted by Crippen LogP contribution is -2.31. The smallest absolute Gasteiger partial charge is 0.243 e. The molecule has 6 nitrogen and oxygen atoms in total. The third-order valence-electron chi connectivity index (χ3n) is 3.04. The monoisotopic (exact) mass is 311 g/mol. The zero-order valence-electron chi connectivity index (χ0n) is 12.7. The molecule has 0 aliphatic heterocycles. The van der Waals surface area contributed by atoms with E-state index in [1.165, 1.54) is 7.11 Å². The summed E-state index contributed by atoms with van der Waals surface area (Å²) in [5.74, 6) is -0.251. The SMILES string of the molecule is C=CC(=O)NCC(=O)Nc1cc(-c2ccccn2)ccc1OC. The molecule has 0 radical (unpaired) electrons. The van der Waals surface area contributed by atoms with Crippen LogP contribution in [0.1, 0.15) is 0 Å². The van der Waals surface area contributed by atoms with Gasteiger partial charge in [-0.25, -0.2) is 0 Å². The van der Waals surface area contributed by atoms with Gasteiger partial charge in [0.1, 0.15) is 5.75 Å². The van der Waals surface area contributed by atoms with E-state index in [4.69, 9.17) is 4.74 Å². The molecule has 1 aromatic carbocycles. The number of carbonyl (C=O) groups excluding carboxylic acids is 2. The summed E-state index contributed by atoms with van der Waals surface area (Å²) in [5, 5.41) is 5.12. The van der Waals surface area contributed by atoms with Gasteiger partial charge in [0.25, 0.3) is 0 Å². The van der Waals surface area contributed by atoms with Crippen LogP contribution in [0.4, 0.5) is 5.69 Å². The van der Waals surface area contributed by atoms with E-state index >= 15 is 0 Å². The number of benzene rings is 1. The van der Waals surface area contributed by atoms with Crippen LogP contribution < -0.4 is 15.4 Å². The van der Waals surface area contributed by atoms with Gasteiger partial charge in [-0.1, -0.05) is 12.6 Å². The van der Waals surface area contributed by atoms with Gasteiger partial charge in [-0.3, -0.25) is 14.6 Å². The number of rotatable bonds is 6. The normalized spacial score (nSPS) is 9.78. The van der Waals surface area contributed by atoms with Crippen LogP contribution in [-0.2, 0) is 9.59 Å². The van der Waals surface area contributed by atoms with Crippen molar-refractivity contribution >= 4 is 17.5 Å². The van der Waals surface area contributed by atoms with Crippen LogP contribution in [0.5, 0.6) is 5.75 Å². The summed E-state index contributed by atoms with van der Waals surface area (Å²) in [7, 11) is 1.52. The molecular weight excluding hydrogens is 294 g/mol. The van der Waals surface area contributed by atoms with Crippen LogP contribution >= 0.6 is 0 Å². The summed E-state index contributed by atoms with van der Waals surface area (Å²) in [5.41, 5.74) is 2.14. The second-order valence-electron chi connectivity index (χ2n) is 4.60. The lowest BCUT2D eigenvalue weighted by molar-refractivity contribution is -0.121. The second-order valence-corrected chi connectivity index (χ2v) is 4.60. The summed E-state index contributed by atoms with van der Waals surface area (Å²) in [6, 6.07) is 11.0. The van der Waals surface area contributed by atoms with E-state index in [0.717, 1.165) is 17.3 Å². The number of pyridine rings is 1. The molecule has 0 unspecified atom stereocenters. The topological polar surface area (TPSA) is 80.3 Å². The van der Waals surface area contributed by atoms with Crippen LogP contribution in [0.2, 0.25) is 0 Å². The molecule has 2 N–H and O–H groups in total. The minimum Gasteiger partial charge on any atom is -0.495 e. The van der Waals surface area contributed by atoms with Crippen molar-refractivity contribution in [3.8, 4) is 17.0 Å². The van der Waals surface area contributed by atoms with Gasteiger partial charge < -0.3 is 15.4 Å². The Bertz CT molecular complexity index is 714. The maximum Gasteiger partial charge on any atom is 0.243 e. The van der Waals surface area contributed by atoms with Crippen molar-refractivity contribution in [3.63, 3.8) is 0 Å². The molecule has 0 fully saturated rings. The number of nitrogens with one attached hydrogen (secondary N) is 2. The van der Waals surface area contributed by atoms with Gasteiger partial charge >= 0.3 is 0 Å². The Balaban J connectivity index is 2.18. The molecule has 0 saturated carbocycles. The maximum atomic E-state index is 11.9. The van der Waals surface area contributed by atoms with Crippen LogP contribution in [0.3, 0.4) is 0 Å². The van der Waals surface area contributed by atoms with E-state index in [0.29, 0.717) is 11.4 Å². The molecule has 0 aliphatic rings. The molecule has 0 spiro atoms. The van der Waals surface area contributed by atoms with Crippen LogP contribution in [0, 0.1) is 0 Å². The first-order chi connectivity index (χ1) is 11.1. The first-order valence-electron chi connectivity index (χ1n) is 6.93. The van der Waals surface area contributed by atoms with Crippen molar-refractivity contribution in [2.75, 3.05) is 19.0 Å². The minimum atomic E-state index is -0.408. The lowest BCUT2D eigenvalue weighted by atomic mass is 10.1. The molecule has 118 valence electrons. The van der Waals surface area contributed by atoms with E-state index in [1.807, 2.05) is 24.3 Å². The van der Waals surface area contributed by atoms with Crippen molar-refractivity contribution < 1.29 is 14.3 Å². The van der Waals surface area contributed by atoms with Gasteiger partial charge in [-0.15, -0.1) is 0 Å². The van der Waals surface area contributed by atoms with Crippen molar-refractivity contribution in [1.82, 2.24) is 10.3 Å². The fourth-order valence-corrected chi connectivity index (χ4v) is 1.93. The first-order valence-corrected chi connectivity index (χ1v) is 6.93. The summed E-state index contributed by atoms with van der Waals surface area (Å²) < 4.78 is 5.25. The van der Waals surface area contributed by atoms with Gasteiger partial charge in [0.2, 0.25) is 11.8 Å². The Hall–Kier alpha value is -3.15. The number of methoxy groups -OCH3 is 1. The van der Waals surface area contributed by atoms with Crippen LogP contribution in [0.25, 0.3) is 11.3 Å². The largest absolute Gasteiger partial charge is 0.495 e. The van der Waals surface area contributed by atoms with Crippen molar-refractivity contribution in [3.05, 3.63) is 55.3 Å². The highest BCUT2D eigenvalue weighted by molar-refractivity contribution is 5.97. The van der Waals surface area contributed by atoms with Gasteiger partial charge in [0, 0.05) is 11.8 Å². The average Bonchev–Trinajstić information content (AvgIpc) is 2.60. The number of hydrogen-bond acceptors (Lipinski definition) is 4. The van der Waals surface area contributed by atoms with Gasteiger partial charge in [0.05, 0.1) is 25.0 Å². The van der Waals surface area contributed by atoms with E-state index in [1.54, 1.807) is 18.3 Å². The second kappa shape index (κ2) is 7.74. The quantitative estimate of drug-likeness (QED) is 0.800. The lowest BCUT2D eigenvalue weighted by Gasteiger charge is -2.12. The highest BCUT2D eigenvalue weighted by Gasteiger charge is 2.10. The minimum absolute atomic E-state index is 0.151. The molecule has 0 atom stereocenters. The van der Waals surface area contributed by atoms with E-state index in [-0.39, 0.29) is 12.5 Å². The van der Waals surface area contributed by atoms with Gasteiger partial charge in [0.15, 0.2) is 0 Å². The van der Waals surface area contributed by atoms with E-state index < -0.39 is 5.91 Å². The Morgan fingerprint density at radius 1 is 1.30 bits per heavy atom. The molecular formula is C17H17N3O3. The molecule has 0 bridgehead atoms. The molecule has 23 heavy (non-hydrogen) atoms. The fourth-order valence-electron chi connectivity index (χ4n) is 1.93. The highest BCUT2D eigenvalue weighted by atomic mass is 16.5. The molecule has 6 heteroatoms. The number of aromatic nitrogens is 1. The van der Waals surface area contributed by atoms with Crippen molar-refractivity contribution in [2.45, 2.75) is 0 Å². The third-order valence-corrected chi connectivity index (χ3v) is 3.04. The Labute approximate surface area is 134 Å². The van der Waals surface area contributed by atoms with Crippen LogP contribution in [-0.4, -0.2) is 30.5 Å². The molecule has 1 aromatic heterocycles. The summed E-state index contributed by atoms with van der Waals surface area (Å²) in [6.45, 7) is 3.17. The maximum absolute atomic E-state index is 11.9. The molecule has 0 saturated heterocycles. The highest BCUT2D eigenvalue weighted by Crippen LogP contribution is 2.29. The fraction of sp³-hybridized carbons (Fsp3) is 0.118. The van der Waals surface area contributed by atoms with E-state index in [9.17, 15) is 9.59 Å². The molecule has 2 rings (SSSR count). The van der Waals surface area contributed by atoms with E-state index in [2.05, 4.69) is 22.2 Å². The van der Waals surface area contributed by atoms with Crippen LogP contribution in [0.15, 0.2) is 55.3 Å². The predicted octanol–water partition coefficient (Wildman–Crippen LogP) is 2.00. The number of amides is 2. The zero-order valence-corrected chi connectivity index (χ0v) is 12.7. The summed E-state index contributed by atoms with van der Waals surface area (Å²) in [6.07, 6.45) is 2.80. The van der Waals surface area contributed by atoms with Crippen molar-refractivity contribution in [2.24, 2.45) is 0 Å². The standard InChI is InChI=1S/C17H17N3O3/c1-3-16(21)19-11-17(22)20-14-10-12(7-8-15(14)23-2)13-6-4-5-9-18-13/h3-10H,1,11H2,2H3,(H,19,21)(H,20,22). The summed E-state index contributed by atoms with van der Waals surface area (Å²) >= 11 is 0. The number of ether oxygens (including phenoxy) is 1. The van der Waals surface area contributed by atoms with Gasteiger partial charge in [-0.05, 0) is 36.4 Å². The molecule has 2 amide bonds. The predicted molar refractivity (Wildman–Crippen MR) is 88.1 cm³/mol. The Morgan fingerprint density at radius 3 is 2.78 bits per heavy atom. The van der Waals surface area contributed by atoms with Crippen molar-refractivity contribution in [1.29, 1.82) is 0 Å². The molecule has 1 heterocycles. The number of nitrogens with zero attached hydrogens (tertiary/aromatic N) is 1. The Morgan fingerprint density at radius 2 is 2.13 bits per heavy atom. The average molecular weight is 311 g/mol. The Kier molecular flexibility index (Phi) is 5.46. The summed E-state index contributed by atoms with van der Waals surface area (Å²) in [4.78, 5) is 27.3. The number of anilines is 1. The first kappa shape index (κ1) is 16.2. The zero-order chi connectivity index (χ0) is 16.7. The molecule has 0 aliphatic carbocycles. The third kappa shape index (κ3) is 4.41. The van der Waals surface area contributed by atoms with Gasteiger partial charge in [-0.2, -0.15) is 0 Å². The number of hydrogen-bond donors (Lipinski definition) is 2. The molecule has 2 aromatic rings.